The summed E-state index contributed by atoms with van der Waals surface area (Å²) in [5.74, 6) is 0.690. The zero-order chi connectivity index (χ0) is 10.7. The van der Waals surface area contributed by atoms with Crippen LogP contribution in [0.15, 0.2) is 12.1 Å². The van der Waals surface area contributed by atoms with Crippen LogP contribution in [0.4, 0.5) is 0 Å². The molecule has 1 rings (SSSR count). The number of hydrogen-bond acceptors (Lipinski definition) is 1. The average Bonchev–Trinajstić information content (AvgIpc) is 2.10. The predicted molar refractivity (Wildman–Crippen MR) is 62.1 cm³/mol. The highest BCUT2D eigenvalue weighted by molar-refractivity contribution is 5.40. The smallest absolute Gasteiger partial charge is 0.0181 e. The molecule has 0 unspecified atom stereocenters. The molecule has 0 atom stereocenters. The molecule has 0 spiro atoms. The lowest BCUT2D eigenvalue weighted by Gasteiger charge is -2.12. The summed E-state index contributed by atoms with van der Waals surface area (Å²) in [7, 11) is 0. The molecule has 14 heavy (non-hydrogen) atoms. The Balaban J connectivity index is 3.03. The van der Waals surface area contributed by atoms with Crippen molar-refractivity contribution < 1.29 is 0 Å². The Morgan fingerprint density at radius 3 is 2.50 bits per heavy atom. The minimum absolute atomic E-state index is 0.589. The lowest BCUT2D eigenvalue weighted by Crippen LogP contribution is -2.03. The largest absolute Gasteiger partial charge is 0.326 e. The quantitative estimate of drug-likeness (QED) is 0.779. The van der Waals surface area contributed by atoms with E-state index >= 15 is 0 Å². The van der Waals surface area contributed by atoms with Crippen LogP contribution in [-0.2, 0) is 13.0 Å². The van der Waals surface area contributed by atoms with Gasteiger partial charge in [0.2, 0.25) is 0 Å². The van der Waals surface area contributed by atoms with E-state index in [1.807, 2.05) is 0 Å². The maximum atomic E-state index is 5.68. The molecule has 0 amide bonds. The van der Waals surface area contributed by atoms with Crippen molar-refractivity contribution in [3.05, 3.63) is 41.3 Å². The van der Waals surface area contributed by atoms with E-state index in [2.05, 4.69) is 39.8 Å². The fourth-order valence-corrected chi connectivity index (χ4v) is 1.74. The molecule has 1 radical (unpaired) electrons. The molecule has 0 saturated heterocycles. The second kappa shape index (κ2) is 4.61. The van der Waals surface area contributed by atoms with Crippen LogP contribution in [0.25, 0.3) is 0 Å². The zero-order valence-corrected chi connectivity index (χ0v) is 9.43. The summed E-state index contributed by atoms with van der Waals surface area (Å²) >= 11 is 0. The van der Waals surface area contributed by atoms with E-state index in [9.17, 15) is 0 Å². The van der Waals surface area contributed by atoms with Gasteiger partial charge in [-0.3, -0.25) is 0 Å². The monoisotopic (exact) mass is 190 g/mol. The molecule has 0 aliphatic carbocycles. The Morgan fingerprint density at radius 2 is 2.00 bits per heavy atom. The maximum Gasteiger partial charge on any atom is 0.0181 e. The fourth-order valence-electron chi connectivity index (χ4n) is 1.74. The van der Waals surface area contributed by atoms with Gasteiger partial charge in [-0.2, -0.15) is 0 Å². The van der Waals surface area contributed by atoms with Crippen molar-refractivity contribution >= 4 is 0 Å². The van der Waals surface area contributed by atoms with Crippen molar-refractivity contribution in [3.8, 4) is 0 Å². The minimum Gasteiger partial charge on any atom is -0.326 e. The highest BCUT2D eigenvalue weighted by Crippen LogP contribution is 2.18. The van der Waals surface area contributed by atoms with Gasteiger partial charge in [0.25, 0.3) is 0 Å². The van der Waals surface area contributed by atoms with E-state index in [-0.39, 0.29) is 0 Å². The SMILES string of the molecule is [CH2]c1c(C)cc(CC(C)C)cc1CN. The van der Waals surface area contributed by atoms with Crippen molar-refractivity contribution in [1.29, 1.82) is 0 Å². The first-order valence-electron chi connectivity index (χ1n) is 5.19. The van der Waals surface area contributed by atoms with Crippen LogP contribution in [0.5, 0.6) is 0 Å². The van der Waals surface area contributed by atoms with Gasteiger partial charge in [-0.05, 0) is 48.4 Å². The third-order valence-corrected chi connectivity index (χ3v) is 2.49. The molecule has 0 aliphatic heterocycles. The molecule has 0 saturated carbocycles. The van der Waals surface area contributed by atoms with Crippen LogP contribution in [0, 0.1) is 19.8 Å². The molecular formula is C13H20N. The molecular weight excluding hydrogens is 170 g/mol. The third kappa shape index (κ3) is 2.58. The highest BCUT2D eigenvalue weighted by Gasteiger charge is 2.04. The van der Waals surface area contributed by atoms with Gasteiger partial charge in [-0.1, -0.05) is 26.0 Å². The molecule has 1 nitrogen and oxygen atoms in total. The van der Waals surface area contributed by atoms with Gasteiger partial charge in [0, 0.05) is 6.54 Å². The van der Waals surface area contributed by atoms with Crippen molar-refractivity contribution in [2.24, 2.45) is 11.7 Å². The summed E-state index contributed by atoms with van der Waals surface area (Å²) < 4.78 is 0. The summed E-state index contributed by atoms with van der Waals surface area (Å²) in [5.41, 5.74) is 10.6. The molecule has 1 aromatic rings. The number of nitrogens with two attached hydrogens (primary N) is 1. The van der Waals surface area contributed by atoms with Gasteiger partial charge in [-0.25, -0.2) is 0 Å². The van der Waals surface area contributed by atoms with Crippen molar-refractivity contribution in [1.82, 2.24) is 0 Å². The van der Waals surface area contributed by atoms with E-state index in [1.165, 1.54) is 16.7 Å². The number of benzene rings is 1. The van der Waals surface area contributed by atoms with Crippen molar-refractivity contribution in [2.45, 2.75) is 33.7 Å². The number of aryl methyl sites for hydroxylation is 1. The maximum absolute atomic E-state index is 5.68. The Hall–Kier alpha value is -0.820. The average molecular weight is 190 g/mol. The van der Waals surface area contributed by atoms with Crippen LogP contribution >= 0.6 is 0 Å². The van der Waals surface area contributed by atoms with Crippen molar-refractivity contribution in [3.63, 3.8) is 0 Å². The Labute approximate surface area is 87.3 Å². The molecule has 2 N–H and O–H groups in total. The van der Waals surface area contributed by atoms with Gasteiger partial charge in [0.15, 0.2) is 0 Å². The van der Waals surface area contributed by atoms with E-state index in [0.29, 0.717) is 12.5 Å². The lowest BCUT2D eigenvalue weighted by molar-refractivity contribution is 0.646. The second-order valence-electron chi connectivity index (χ2n) is 4.35. The molecule has 1 aromatic carbocycles. The Bertz CT molecular complexity index is 313. The summed E-state index contributed by atoms with van der Waals surface area (Å²) in [5, 5.41) is 0. The summed E-state index contributed by atoms with van der Waals surface area (Å²) in [6.45, 7) is 11.2. The van der Waals surface area contributed by atoms with E-state index in [1.54, 1.807) is 0 Å². The summed E-state index contributed by atoms with van der Waals surface area (Å²) in [6.07, 6.45) is 1.12. The van der Waals surface area contributed by atoms with Crippen LogP contribution in [0.2, 0.25) is 0 Å². The van der Waals surface area contributed by atoms with Gasteiger partial charge in [0.05, 0.1) is 0 Å². The molecule has 1 heteroatoms. The second-order valence-corrected chi connectivity index (χ2v) is 4.35. The minimum atomic E-state index is 0.589. The molecule has 0 fully saturated rings. The highest BCUT2D eigenvalue weighted by atomic mass is 14.5. The van der Waals surface area contributed by atoms with Crippen LogP contribution in [-0.4, -0.2) is 0 Å². The predicted octanol–water partition coefficient (Wildman–Crippen LogP) is 2.83. The lowest BCUT2D eigenvalue weighted by atomic mass is 9.95. The first kappa shape index (κ1) is 11.3. The standard InChI is InChI=1S/C13H20N/c1-9(2)5-12-6-10(3)11(4)13(7-12)8-14/h6-7,9H,4-5,8,14H2,1-3H3. The molecule has 0 heterocycles. The van der Waals surface area contributed by atoms with Gasteiger partial charge in [-0.15, -0.1) is 0 Å². The van der Waals surface area contributed by atoms with Crippen LogP contribution in [0.3, 0.4) is 0 Å². The molecule has 77 valence electrons. The Kier molecular flexibility index (Phi) is 3.70. The first-order chi connectivity index (χ1) is 6.54. The van der Waals surface area contributed by atoms with E-state index in [4.69, 9.17) is 5.73 Å². The Morgan fingerprint density at radius 1 is 1.36 bits per heavy atom. The summed E-state index contributed by atoms with van der Waals surface area (Å²) in [4.78, 5) is 0. The van der Waals surface area contributed by atoms with Gasteiger partial charge >= 0.3 is 0 Å². The van der Waals surface area contributed by atoms with Crippen molar-refractivity contribution in [2.75, 3.05) is 0 Å². The summed E-state index contributed by atoms with van der Waals surface area (Å²) in [6, 6.07) is 4.41. The normalized spacial score (nSPS) is 11.0. The van der Waals surface area contributed by atoms with E-state index < -0.39 is 0 Å². The first-order valence-corrected chi connectivity index (χ1v) is 5.19. The van der Waals surface area contributed by atoms with Crippen LogP contribution in [0.1, 0.15) is 36.1 Å². The zero-order valence-electron chi connectivity index (χ0n) is 9.43. The third-order valence-electron chi connectivity index (χ3n) is 2.49. The molecule has 0 aromatic heterocycles. The molecule has 0 aliphatic rings. The van der Waals surface area contributed by atoms with Gasteiger partial charge < -0.3 is 5.73 Å². The number of rotatable bonds is 3. The topological polar surface area (TPSA) is 26.0 Å². The fraction of sp³-hybridized carbons (Fsp3) is 0.462. The van der Waals surface area contributed by atoms with Crippen LogP contribution < -0.4 is 5.73 Å². The van der Waals surface area contributed by atoms with E-state index in [0.717, 1.165) is 12.0 Å². The molecule has 0 bridgehead atoms. The number of hydrogen-bond donors (Lipinski definition) is 1. The van der Waals surface area contributed by atoms with Gasteiger partial charge in [0.1, 0.15) is 0 Å².